The van der Waals surface area contributed by atoms with E-state index in [0.717, 1.165) is 15.9 Å². The lowest BCUT2D eigenvalue weighted by atomic mass is 10.1. The zero-order valence-electron chi connectivity index (χ0n) is 8.24. The highest BCUT2D eigenvalue weighted by atomic mass is 79.9. The van der Waals surface area contributed by atoms with E-state index in [1.807, 2.05) is 6.07 Å². The van der Waals surface area contributed by atoms with Crippen LogP contribution in [0.3, 0.4) is 0 Å². The van der Waals surface area contributed by atoms with Gasteiger partial charge in [0.25, 0.3) is 0 Å². The molecule has 0 bridgehead atoms. The van der Waals surface area contributed by atoms with Crippen LogP contribution in [0.4, 0.5) is 0 Å². The number of pyridine rings is 1. The summed E-state index contributed by atoms with van der Waals surface area (Å²) in [5.41, 5.74) is 1.51. The van der Waals surface area contributed by atoms with Gasteiger partial charge in [0.15, 0.2) is 0 Å². The largest absolute Gasteiger partial charge is 0.422 e. The molecule has 3 rings (SSSR count). The van der Waals surface area contributed by atoms with Gasteiger partial charge in [-0.3, -0.25) is 0 Å². The van der Waals surface area contributed by atoms with E-state index >= 15 is 0 Å². The van der Waals surface area contributed by atoms with Crippen molar-refractivity contribution in [2.24, 2.45) is 0 Å². The molecule has 0 radical (unpaired) electrons. The van der Waals surface area contributed by atoms with Crippen molar-refractivity contribution in [3.8, 4) is 0 Å². The molecule has 2 heterocycles. The summed E-state index contributed by atoms with van der Waals surface area (Å²) < 4.78 is 6.61. The Morgan fingerprint density at radius 1 is 1.33 bits per heavy atom. The number of fused-ring (bicyclic) bond motifs is 1. The molecule has 2 aromatic rings. The first-order valence-electron chi connectivity index (χ1n) is 5.25. The van der Waals surface area contributed by atoms with Crippen LogP contribution in [0.1, 0.15) is 37.5 Å². The molecule has 78 valence electrons. The molecule has 0 saturated heterocycles. The third kappa shape index (κ3) is 1.67. The maximum atomic E-state index is 5.66. The highest BCUT2D eigenvalue weighted by Crippen LogP contribution is 2.34. The lowest BCUT2D eigenvalue weighted by Gasteiger charge is -2.00. The van der Waals surface area contributed by atoms with E-state index in [-0.39, 0.29) is 0 Å². The number of halogens is 1. The van der Waals surface area contributed by atoms with Gasteiger partial charge in [0.05, 0.1) is 0 Å². The summed E-state index contributed by atoms with van der Waals surface area (Å²) in [4.78, 5) is 8.69. The summed E-state index contributed by atoms with van der Waals surface area (Å²) in [6.07, 6.45) is 6.73. The van der Waals surface area contributed by atoms with Gasteiger partial charge >= 0.3 is 0 Å². The van der Waals surface area contributed by atoms with Crippen LogP contribution in [0.5, 0.6) is 0 Å². The first-order chi connectivity index (χ1) is 7.33. The average molecular weight is 267 g/mol. The molecular formula is C11H11BrN2O. The Labute approximate surface area is 96.0 Å². The molecule has 0 aromatic carbocycles. The molecule has 15 heavy (non-hydrogen) atoms. The van der Waals surface area contributed by atoms with E-state index in [2.05, 4.69) is 25.9 Å². The molecule has 4 heteroatoms. The number of hydrogen-bond donors (Lipinski definition) is 0. The van der Waals surface area contributed by atoms with E-state index in [1.54, 1.807) is 6.20 Å². The van der Waals surface area contributed by atoms with Crippen molar-refractivity contribution in [1.29, 1.82) is 0 Å². The molecule has 0 N–H and O–H groups in total. The van der Waals surface area contributed by atoms with Crippen LogP contribution in [0.15, 0.2) is 21.2 Å². The maximum absolute atomic E-state index is 5.66. The Kier molecular flexibility index (Phi) is 2.24. The summed E-state index contributed by atoms with van der Waals surface area (Å²) in [7, 11) is 0. The lowest BCUT2D eigenvalue weighted by Crippen LogP contribution is -1.90. The highest BCUT2D eigenvalue weighted by molar-refractivity contribution is 9.10. The number of nitrogens with zero attached hydrogens (tertiary/aromatic N) is 2. The molecule has 0 atom stereocenters. The second-order valence-electron chi connectivity index (χ2n) is 4.01. The van der Waals surface area contributed by atoms with E-state index in [9.17, 15) is 0 Å². The fourth-order valence-electron chi connectivity index (χ4n) is 2.16. The minimum absolute atomic E-state index is 0.512. The maximum Gasteiger partial charge on any atom is 0.247 e. The predicted octanol–water partition coefficient (Wildman–Crippen LogP) is 3.64. The van der Waals surface area contributed by atoms with Crippen LogP contribution in [0.25, 0.3) is 11.2 Å². The summed E-state index contributed by atoms with van der Waals surface area (Å²) in [5, 5.41) is 0. The van der Waals surface area contributed by atoms with Gasteiger partial charge < -0.3 is 4.42 Å². The van der Waals surface area contributed by atoms with Crippen molar-refractivity contribution in [2.45, 2.75) is 31.6 Å². The molecule has 1 aliphatic carbocycles. The van der Waals surface area contributed by atoms with Crippen molar-refractivity contribution in [1.82, 2.24) is 9.97 Å². The summed E-state index contributed by atoms with van der Waals surface area (Å²) in [6.45, 7) is 0. The van der Waals surface area contributed by atoms with Gasteiger partial charge in [-0.15, -0.1) is 0 Å². The third-order valence-electron chi connectivity index (χ3n) is 2.94. The molecule has 3 nitrogen and oxygen atoms in total. The second-order valence-corrected chi connectivity index (χ2v) is 4.93. The van der Waals surface area contributed by atoms with E-state index in [1.165, 1.54) is 25.7 Å². The Morgan fingerprint density at radius 2 is 2.13 bits per heavy atom. The van der Waals surface area contributed by atoms with Gasteiger partial charge in [-0.1, -0.05) is 12.8 Å². The first-order valence-corrected chi connectivity index (χ1v) is 6.04. The van der Waals surface area contributed by atoms with Crippen LogP contribution < -0.4 is 0 Å². The van der Waals surface area contributed by atoms with Gasteiger partial charge in [0.1, 0.15) is 5.52 Å². The first kappa shape index (κ1) is 9.33. The number of hydrogen-bond acceptors (Lipinski definition) is 3. The van der Waals surface area contributed by atoms with E-state index < -0.39 is 0 Å². The predicted molar refractivity (Wildman–Crippen MR) is 60.7 cm³/mol. The van der Waals surface area contributed by atoms with Crippen molar-refractivity contribution in [3.63, 3.8) is 0 Å². The van der Waals surface area contributed by atoms with Crippen LogP contribution in [0.2, 0.25) is 0 Å². The Hall–Kier alpha value is -0.900. The zero-order valence-corrected chi connectivity index (χ0v) is 9.83. The summed E-state index contributed by atoms with van der Waals surface area (Å²) >= 11 is 3.38. The topological polar surface area (TPSA) is 38.9 Å². The Balaban J connectivity index is 2.05. The SMILES string of the molecule is Brc1cnc2oc(C3CCCC3)nc2c1. The Bertz CT molecular complexity index is 488. The van der Waals surface area contributed by atoms with Gasteiger partial charge in [-0.05, 0) is 34.8 Å². The Morgan fingerprint density at radius 3 is 2.93 bits per heavy atom. The summed E-state index contributed by atoms with van der Waals surface area (Å²) in [5.74, 6) is 1.38. The minimum atomic E-state index is 0.512. The minimum Gasteiger partial charge on any atom is -0.422 e. The quantitative estimate of drug-likeness (QED) is 0.791. The van der Waals surface area contributed by atoms with E-state index in [0.29, 0.717) is 11.6 Å². The number of aromatic nitrogens is 2. The van der Waals surface area contributed by atoms with Crippen molar-refractivity contribution in [2.75, 3.05) is 0 Å². The molecule has 0 amide bonds. The van der Waals surface area contributed by atoms with E-state index in [4.69, 9.17) is 4.42 Å². The van der Waals surface area contributed by atoms with Gasteiger partial charge in [-0.25, -0.2) is 9.97 Å². The fraction of sp³-hybridized carbons (Fsp3) is 0.455. The van der Waals surface area contributed by atoms with Gasteiger partial charge in [0, 0.05) is 16.6 Å². The molecule has 0 spiro atoms. The number of oxazole rings is 1. The van der Waals surface area contributed by atoms with Crippen LogP contribution in [0, 0.1) is 0 Å². The highest BCUT2D eigenvalue weighted by Gasteiger charge is 2.22. The van der Waals surface area contributed by atoms with Crippen LogP contribution in [-0.4, -0.2) is 9.97 Å². The van der Waals surface area contributed by atoms with Crippen molar-refractivity contribution >= 4 is 27.2 Å². The average Bonchev–Trinajstić information content (AvgIpc) is 2.84. The third-order valence-corrected chi connectivity index (χ3v) is 3.37. The fourth-order valence-corrected chi connectivity index (χ4v) is 2.48. The van der Waals surface area contributed by atoms with Crippen molar-refractivity contribution < 1.29 is 4.42 Å². The smallest absolute Gasteiger partial charge is 0.247 e. The van der Waals surface area contributed by atoms with Crippen LogP contribution in [-0.2, 0) is 0 Å². The monoisotopic (exact) mass is 266 g/mol. The molecule has 1 aliphatic rings. The zero-order chi connectivity index (χ0) is 10.3. The van der Waals surface area contributed by atoms with Crippen LogP contribution >= 0.6 is 15.9 Å². The molecule has 2 aromatic heterocycles. The number of rotatable bonds is 1. The molecule has 1 fully saturated rings. The van der Waals surface area contributed by atoms with Crippen molar-refractivity contribution in [3.05, 3.63) is 22.6 Å². The summed E-state index contributed by atoms with van der Waals surface area (Å²) in [6, 6.07) is 1.95. The van der Waals surface area contributed by atoms with Gasteiger partial charge in [-0.2, -0.15) is 0 Å². The van der Waals surface area contributed by atoms with Gasteiger partial charge in [0.2, 0.25) is 11.6 Å². The molecule has 0 unspecified atom stereocenters. The normalized spacial score (nSPS) is 17.7. The standard InChI is InChI=1S/C11H11BrN2O/c12-8-5-9-11(13-6-8)15-10(14-9)7-3-1-2-4-7/h5-7H,1-4H2. The lowest BCUT2D eigenvalue weighted by molar-refractivity contribution is 0.469. The molecular weight excluding hydrogens is 256 g/mol. The molecule has 1 saturated carbocycles. The molecule has 0 aliphatic heterocycles. The second kappa shape index (κ2) is 3.59.